The van der Waals surface area contributed by atoms with E-state index in [4.69, 9.17) is 5.84 Å². The molecule has 1 aliphatic rings. The second-order valence-corrected chi connectivity index (χ2v) is 6.82. The van der Waals surface area contributed by atoms with Crippen molar-refractivity contribution >= 4 is 27.6 Å². The number of nitrogens with two attached hydrogens (primary N) is 1. The molecule has 7 heteroatoms. The summed E-state index contributed by atoms with van der Waals surface area (Å²) in [5, 5.41) is 4.26. The van der Waals surface area contributed by atoms with Crippen LogP contribution in [0, 0.1) is 0 Å². The number of rotatable bonds is 2. The van der Waals surface area contributed by atoms with Crippen LogP contribution in [-0.4, -0.2) is 40.8 Å². The van der Waals surface area contributed by atoms with Crippen LogP contribution in [0.4, 0.5) is 5.69 Å². The average molecular weight is 360 g/mol. The van der Waals surface area contributed by atoms with Crippen LogP contribution in [0.15, 0.2) is 53.3 Å². The largest absolute Gasteiger partial charge is 0.369 e. The molecule has 1 saturated heterocycles. The fourth-order valence-corrected chi connectivity index (χ4v) is 3.70. The van der Waals surface area contributed by atoms with Crippen LogP contribution in [0.25, 0.3) is 33.3 Å². The number of hydrogen-bond acceptors (Lipinski definition) is 5. The van der Waals surface area contributed by atoms with Crippen molar-refractivity contribution in [2.75, 3.05) is 36.9 Å². The highest BCUT2D eigenvalue weighted by molar-refractivity contribution is 5.86. The predicted octanol–water partition coefficient (Wildman–Crippen LogP) is 1.67. The molecule has 27 heavy (non-hydrogen) atoms. The highest BCUT2D eigenvalue weighted by Gasteiger charge is 2.15. The third-order valence-corrected chi connectivity index (χ3v) is 5.15. The molecule has 5 rings (SSSR count). The van der Waals surface area contributed by atoms with E-state index in [1.165, 1.54) is 4.68 Å². The van der Waals surface area contributed by atoms with Gasteiger partial charge in [0.25, 0.3) is 5.56 Å². The molecule has 2 aromatic carbocycles. The number of benzene rings is 2. The van der Waals surface area contributed by atoms with E-state index in [1.54, 1.807) is 0 Å². The maximum Gasteiger partial charge on any atom is 0.280 e. The number of nitrogens with zero attached hydrogens (tertiary/aromatic N) is 3. The Morgan fingerprint density at radius 3 is 2.70 bits per heavy atom. The van der Waals surface area contributed by atoms with E-state index in [0.717, 1.165) is 48.3 Å². The van der Waals surface area contributed by atoms with E-state index in [1.807, 2.05) is 36.4 Å². The quantitative estimate of drug-likeness (QED) is 0.473. The Hall–Kier alpha value is -3.32. The van der Waals surface area contributed by atoms with Gasteiger partial charge in [0.15, 0.2) is 0 Å². The first-order valence-electron chi connectivity index (χ1n) is 9.06. The number of pyridine rings is 1. The number of para-hydroxylation sites is 1. The molecule has 0 aliphatic carbocycles. The number of H-pyrrole nitrogens is 1. The summed E-state index contributed by atoms with van der Waals surface area (Å²) in [4.78, 5) is 23.0. The van der Waals surface area contributed by atoms with Gasteiger partial charge in [0.1, 0.15) is 5.82 Å². The number of nitrogens with one attached hydrogen (secondary N) is 2. The predicted molar refractivity (Wildman–Crippen MR) is 109 cm³/mol. The molecule has 0 radical (unpaired) electrons. The summed E-state index contributed by atoms with van der Waals surface area (Å²) in [6.07, 6.45) is 0. The van der Waals surface area contributed by atoms with Gasteiger partial charge in [0.05, 0.1) is 22.1 Å². The van der Waals surface area contributed by atoms with E-state index in [2.05, 4.69) is 32.3 Å². The van der Waals surface area contributed by atoms with Gasteiger partial charge in [-0.1, -0.05) is 18.2 Å². The Labute approximate surface area is 155 Å². The Balaban J connectivity index is 1.62. The summed E-state index contributed by atoms with van der Waals surface area (Å²) in [6, 6.07) is 15.6. The molecule has 0 amide bonds. The second kappa shape index (κ2) is 6.14. The van der Waals surface area contributed by atoms with Gasteiger partial charge < -0.3 is 21.0 Å². The normalized spacial score (nSPS) is 14.9. The topological polar surface area (TPSA) is 92.0 Å². The first-order chi connectivity index (χ1) is 13.2. The fraction of sp³-hybridized carbons (Fsp3) is 0.200. The molecule has 0 saturated carbocycles. The number of aromatic nitrogens is 3. The first-order valence-corrected chi connectivity index (χ1v) is 9.06. The van der Waals surface area contributed by atoms with Crippen LogP contribution in [0.1, 0.15) is 0 Å². The van der Waals surface area contributed by atoms with Crippen molar-refractivity contribution in [3.63, 3.8) is 0 Å². The van der Waals surface area contributed by atoms with Gasteiger partial charge in [-0.15, -0.1) is 0 Å². The van der Waals surface area contributed by atoms with Crippen LogP contribution in [0.2, 0.25) is 0 Å². The van der Waals surface area contributed by atoms with Gasteiger partial charge in [-0.3, -0.25) is 4.79 Å². The van der Waals surface area contributed by atoms with Crippen molar-refractivity contribution in [3.05, 3.63) is 58.9 Å². The lowest BCUT2D eigenvalue weighted by Crippen LogP contribution is -2.43. The number of hydrogen-bond donors (Lipinski definition) is 3. The van der Waals surface area contributed by atoms with Crippen molar-refractivity contribution in [3.8, 4) is 11.4 Å². The van der Waals surface area contributed by atoms with Crippen molar-refractivity contribution in [2.45, 2.75) is 0 Å². The summed E-state index contributed by atoms with van der Waals surface area (Å²) in [5.74, 6) is 6.56. The van der Waals surface area contributed by atoms with Crippen LogP contribution in [0.3, 0.4) is 0 Å². The summed E-state index contributed by atoms with van der Waals surface area (Å²) in [6.45, 7) is 3.93. The zero-order valence-corrected chi connectivity index (χ0v) is 14.8. The number of aromatic amines is 1. The third-order valence-electron chi connectivity index (χ3n) is 5.15. The number of fused-ring (bicyclic) bond motifs is 2. The molecule has 1 aliphatic heterocycles. The van der Waals surface area contributed by atoms with Gasteiger partial charge >= 0.3 is 0 Å². The number of nitrogen functional groups attached to an aromatic ring is 1. The second-order valence-electron chi connectivity index (χ2n) is 6.82. The van der Waals surface area contributed by atoms with Crippen molar-refractivity contribution in [1.82, 2.24) is 20.0 Å². The van der Waals surface area contributed by atoms with E-state index in [-0.39, 0.29) is 5.56 Å². The number of imidazole rings is 1. The zero-order chi connectivity index (χ0) is 18.4. The first kappa shape index (κ1) is 15.9. The molecule has 136 valence electrons. The van der Waals surface area contributed by atoms with Crippen LogP contribution in [-0.2, 0) is 0 Å². The lowest BCUT2D eigenvalue weighted by Gasteiger charge is -2.29. The summed E-state index contributed by atoms with van der Waals surface area (Å²) in [7, 11) is 0. The van der Waals surface area contributed by atoms with Crippen LogP contribution in [0.5, 0.6) is 0 Å². The molecule has 4 aromatic rings. The smallest absolute Gasteiger partial charge is 0.280 e. The van der Waals surface area contributed by atoms with Gasteiger partial charge in [-0.05, 0) is 30.3 Å². The molecular weight excluding hydrogens is 340 g/mol. The van der Waals surface area contributed by atoms with Gasteiger partial charge in [-0.25, -0.2) is 9.66 Å². The Morgan fingerprint density at radius 2 is 1.85 bits per heavy atom. The molecule has 2 aromatic heterocycles. The Kier molecular flexibility index (Phi) is 3.61. The lowest BCUT2D eigenvalue weighted by molar-refractivity contribution is 0.589. The van der Waals surface area contributed by atoms with Crippen molar-refractivity contribution in [2.24, 2.45) is 0 Å². The molecule has 4 N–H and O–H groups in total. The Bertz CT molecular complexity index is 1200. The lowest BCUT2D eigenvalue weighted by atomic mass is 10.1. The maximum atomic E-state index is 12.7. The van der Waals surface area contributed by atoms with Gasteiger partial charge in [0, 0.05) is 37.3 Å². The molecule has 0 spiro atoms. The molecule has 0 unspecified atom stereocenters. The van der Waals surface area contributed by atoms with Crippen LogP contribution < -0.4 is 21.6 Å². The van der Waals surface area contributed by atoms with Gasteiger partial charge in [-0.2, -0.15) is 0 Å². The minimum atomic E-state index is -0.268. The van der Waals surface area contributed by atoms with Crippen LogP contribution >= 0.6 is 0 Å². The SMILES string of the molecule is Nn1c(=O)c(-c2nc3ccc(N4CCNCC4)cc3[nH]2)cc2ccccc21. The minimum Gasteiger partial charge on any atom is -0.369 e. The summed E-state index contributed by atoms with van der Waals surface area (Å²) in [5.41, 5.74) is 3.81. The Morgan fingerprint density at radius 1 is 1.04 bits per heavy atom. The van der Waals surface area contributed by atoms with E-state index >= 15 is 0 Å². The molecule has 0 atom stereocenters. The molecule has 3 heterocycles. The van der Waals surface area contributed by atoms with Crippen molar-refractivity contribution in [1.29, 1.82) is 0 Å². The highest BCUT2D eigenvalue weighted by atomic mass is 16.1. The average Bonchev–Trinajstić information content (AvgIpc) is 3.14. The maximum absolute atomic E-state index is 12.7. The van der Waals surface area contributed by atoms with Gasteiger partial charge in [0.2, 0.25) is 0 Å². The molecule has 7 nitrogen and oxygen atoms in total. The standard InChI is InChI=1S/C20H20N6O/c21-26-18-4-2-1-3-13(18)11-15(20(26)27)19-23-16-6-5-14(12-17(16)24-19)25-9-7-22-8-10-25/h1-6,11-12,22H,7-10,21H2,(H,23,24). The summed E-state index contributed by atoms with van der Waals surface area (Å²) >= 11 is 0. The van der Waals surface area contributed by atoms with E-state index < -0.39 is 0 Å². The summed E-state index contributed by atoms with van der Waals surface area (Å²) < 4.78 is 1.18. The number of anilines is 1. The monoisotopic (exact) mass is 360 g/mol. The van der Waals surface area contributed by atoms with E-state index in [0.29, 0.717) is 16.9 Å². The van der Waals surface area contributed by atoms with E-state index in [9.17, 15) is 4.79 Å². The highest BCUT2D eigenvalue weighted by Crippen LogP contribution is 2.25. The molecule has 1 fully saturated rings. The minimum absolute atomic E-state index is 0.268. The molecule has 0 bridgehead atoms. The fourth-order valence-electron chi connectivity index (χ4n) is 3.70. The van der Waals surface area contributed by atoms with Crippen molar-refractivity contribution < 1.29 is 0 Å². The third kappa shape index (κ3) is 2.63. The zero-order valence-electron chi connectivity index (χ0n) is 14.8. The molecular formula is C20H20N6O. The number of piperazine rings is 1.